The minimum atomic E-state index is 0.620. The second-order valence-electron chi connectivity index (χ2n) is 10.7. The summed E-state index contributed by atoms with van der Waals surface area (Å²) in [5.74, 6) is 0. The van der Waals surface area contributed by atoms with Crippen LogP contribution in [0.3, 0.4) is 0 Å². The first kappa shape index (κ1) is 29.0. The molecule has 9 N–H and O–H groups in total. The first-order chi connectivity index (χ1) is 20.1. The van der Waals surface area contributed by atoms with Crippen LogP contribution in [-0.4, -0.2) is 67.1 Å². The molecule has 0 saturated heterocycles. The average molecular weight is 550 g/mol. The number of aromatic nitrogens is 1. The quantitative estimate of drug-likeness (QED) is 0.142. The van der Waals surface area contributed by atoms with E-state index in [0.717, 1.165) is 50.3 Å². The summed E-state index contributed by atoms with van der Waals surface area (Å²) in [6.45, 7) is 7.45. The molecular weight excluding hydrogens is 506 g/mol. The Kier molecular flexibility index (Phi) is 9.80. The predicted octanol–water partition coefficient (Wildman–Crippen LogP) is 4.09. The molecule has 7 heteroatoms. The first-order valence-electron chi connectivity index (χ1n) is 14.6. The van der Waals surface area contributed by atoms with Crippen molar-refractivity contribution in [2.24, 2.45) is 22.9 Å². The van der Waals surface area contributed by atoms with Crippen molar-refractivity contribution in [1.29, 1.82) is 0 Å². The highest BCUT2D eigenvalue weighted by Crippen LogP contribution is 2.34. The summed E-state index contributed by atoms with van der Waals surface area (Å²) in [5.41, 5.74) is 33.2. The normalized spacial score (nSPS) is 11.9. The van der Waals surface area contributed by atoms with Crippen molar-refractivity contribution < 1.29 is 0 Å². The molecule has 0 unspecified atom stereocenters. The molecule has 0 aliphatic carbocycles. The summed E-state index contributed by atoms with van der Waals surface area (Å²) in [6, 6.07) is 30.7. The van der Waals surface area contributed by atoms with Gasteiger partial charge in [-0.15, -0.1) is 0 Å². The second kappa shape index (κ2) is 13.9. The van der Waals surface area contributed by atoms with Crippen LogP contribution in [0.15, 0.2) is 84.9 Å². The molecule has 0 saturated carbocycles. The third kappa shape index (κ3) is 6.68. The minimum absolute atomic E-state index is 0.620. The van der Waals surface area contributed by atoms with Crippen LogP contribution in [0.5, 0.6) is 0 Å². The van der Waals surface area contributed by atoms with Gasteiger partial charge in [0.25, 0.3) is 0 Å². The lowest BCUT2D eigenvalue weighted by Crippen LogP contribution is -2.33. The molecule has 0 spiro atoms. The zero-order valence-electron chi connectivity index (χ0n) is 23.9. The average Bonchev–Trinajstić information content (AvgIpc) is 3.35. The largest absolute Gasteiger partial charge is 0.354 e. The fourth-order valence-electron chi connectivity index (χ4n) is 5.88. The molecular formula is C34H43N7. The standard InChI is InChI=1S/C34H43N7/c35-13-17-40(18-14-36)23-27-5-1-3-7-29(27)25-9-11-31-32-12-10-26(22-34(32)39-33(31)21-25)30-8-4-2-6-28(30)24-41(19-15-37)20-16-38/h1-12,21-22,39H,13-20,23-24,35-38H2. The van der Waals surface area contributed by atoms with Crippen molar-refractivity contribution in [2.75, 3.05) is 52.4 Å². The highest BCUT2D eigenvalue weighted by Gasteiger charge is 2.14. The van der Waals surface area contributed by atoms with E-state index in [1.54, 1.807) is 0 Å². The fourth-order valence-corrected chi connectivity index (χ4v) is 5.88. The summed E-state index contributed by atoms with van der Waals surface area (Å²) in [4.78, 5) is 8.36. The number of nitrogens with one attached hydrogen (secondary N) is 1. The highest BCUT2D eigenvalue weighted by atomic mass is 15.1. The number of fused-ring (bicyclic) bond motifs is 3. The fraction of sp³-hybridized carbons (Fsp3) is 0.294. The van der Waals surface area contributed by atoms with Crippen LogP contribution in [0, 0.1) is 0 Å². The molecule has 4 aromatic carbocycles. The van der Waals surface area contributed by atoms with E-state index in [0.29, 0.717) is 26.2 Å². The molecule has 5 aromatic rings. The smallest absolute Gasteiger partial charge is 0.0471 e. The Balaban J connectivity index is 1.48. The Hall–Kier alpha value is -3.56. The van der Waals surface area contributed by atoms with Crippen LogP contribution < -0.4 is 22.9 Å². The Bertz CT molecular complexity index is 1450. The number of rotatable bonds is 14. The maximum absolute atomic E-state index is 5.87. The topological polar surface area (TPSA) is 126 Å². The number of hydrogen-bond donors (Lipinski definition) is 5. The van der Waals surface area contributed by atoms with Crippen molar-refractivity contribution in [1.82, 2.24) is 14.8 Å². The molecule has 214 valence electrons. The van der Waals surface area contributed by atoms with E-state index in [9.17, 15) is 0 Å². The van der Waals surface area contributed by atoms with E-state index < -0.39 is 0 Å². The van der Waals surface area contributed by atoms with E-state index in [4.69, 9.17) is 22.9 Å². The Labute approximate surface area is 243 Å². The van der Waals surface area contributed by atoms with E-state index in [1.165, 1.54) is 44.2 Å². The number of hydrogen-bond acceptors (Lipinski definition) is 6. The van der Waals surface area contributed by atoms with Crippen molar-refractivity contribution in [2.45, 2.75) is 13.1 Å². The number of nitrogens with two attached hydrogens (primary N) is 4. The van der Waals surface area contributed by atoms with Gasteiger partial charge in [-0.05, 0) is 45.5 Å². The third-order valence-electron chi connectivity index (χ3n) is 7.82. The van der Waals surface area contributed by atoms with Gasteiger partial charge in [-0.1, -0.05) is 72.8 Å². The molecule has 0 fully saturated rings. The monoisotopic (exact) mass is 549 g/mol. The van der Waals surface area contributed by atoms with Gasteiger partial charge in [-0.25, -0.2) is 0 Å². The molecule has 5 rings (SSSR count). The van der Waals surface area contributed by atoms with E-state index >= 15 is 0 Å². The molecule has 1 aromatic heterocycles. The summed E-state index contributed by atoms with van der Waals surface area (Å²) in [6.07, 6.45) is 0. The highest BCUT2D eigenvalue weighted by molar-refractivity contribution is 6.09. The van der Waals surface area contributed by atoms with Gasteiger partial charge in [0.1, 0.15) is 0 Å². The molecule has 0 atom stereocenters. The molecule has 1 heterocycles. The summed E-state index contributed by atoms with van der Waals surface area (Å²) in [7, 11) is 0. The first-order valence-corrected chi connectivity index (χ1v) is 14.6. The summed E-state index contributed by atoms with van der Waals surface area (Å²) < 4.78 is 0. The molecule has 41 heavy (non-hydrogen) atoms. The molecule has 0 amide bonds. The Morgan fingerprint density at radius 2 is 0.878 bits per heavy atom. The van der Waals surface area contributed by atoms with E-state index in [-0.39, 0.29) is 0 Å². The van der Waals surface area contributed by atoms with Gasteiger partial charge in [0.2, 0.25) is 0 Å². The molecule has 0 radical (unpaired) electrons. The maximum Gasteiger partial charge on any atom is 0.0471 e. The van der Waals surface area contributed by atoms with Crippen LogP contribution in [0.25, 0.3) is 44.1 Å². The van der Waals surface area contributed by atoms with Gasteiger partial charge in [0.05, 0.1) is 0 Å². The summed E-state index contributed by atoms with van der Waals surface area (Å²) in [5, 5.41) is 2.46. The van der Waals surface area contributed by atoms with Crippen LogP contribution in [0.1, 0.15) is 11.1 Å². The molecule has 0 bridgehead atoms. The second-order valence-corrected chi connectivity index (χ2v) is 10.7. The lowest BCUT2D eigenvalue weighted by Gasteiger charge is -2.22. The van der Waals surface area contributed by atoms with Crippen molar-refractivity contribution in [3.63, 3.8) is 0 Å². The van der Waals surface area contributed by atoms with Crippen molar-refractivity contribution in [3.05, 3.63) is 96.1 Å². The third-order valence-corrected chi connectivity index (χ3v) is 7.82. The SMILES string of the molecule is NCCN(CCN)Cc1ccccc1-c1ccc2c(c1)[nH]c1cc(-c3ccccc3CN(CCN)CCN)ccc12. The van der Waals surface area contributed by atoms with Gasteiger partial charge < -0.3 is 27.9 Å². The van der Waals surface area contributed by atoms with Crippen LogP contribution in [-0.2, 0) is 13.1 Å². The predicted molar refractivity (Wildman–Crippen MR) is 173 cm³/mol. The Morgan fingerprint density at radius 1 is 0.488 bits per heavy atom. The number of nitrogens with zero attached hydrogens (tertiary/aromatic N) is 2. The lowest BCUT2D eigenvalue weighted by atomic mass is 9.97. The number of benzene rings is 4. The van der Waals surface area contributed by atoms with E-state index in [2.05, 4.69) is 99.7 Å². The van der Waals surface area contributed by atoms with Crippen LogP contribution in [0.4, 0.5) is 0 Å². The maximum atomic E-state index is 5.87. The number of H-pyrrole nitrogens is 1. The van der Waals surface area contributed by atoms with Crippen LogP contribution in [0.2, 0.25) is 0 Å². The van der Waals surface area contributed by atoms with Gasteiger partial charge in [0.15, 0.2) is 0 Å². The Morgan fingerprint density at radius 3 is 1.27 bits per heavy atom. The van der Waals surface area contributed by atoms with Crippen molar-refractivity contribution in [3.8, 4) is 22.3 Å². The lowest BCUT2D eigenvalue weighted by molar-refractivity contribution is 0.281. The number of aromatic amines is 1. The zero-order valence-corrected chi connectivity index (χ0v) is 23.9. The van der Waals surface area contributed by atoms with Gasteiger partial charge in [-0.3, -0.25) is 9.80 Å². The van der Waals surface area contributed by atoms with Gasteiger partial charge in [-0.2, -0.15) is 0 Å². The molecule has 0 aliphatic rings. The van der Waals surface area contributed by atoms with E-state index in [1.807, 2.05) is 0 Å². The van der Waals surface area contributed by atoms with Crippen LogP contribution >= 0.6 is 0 Å². The van der Waals surface area contributed by atoms with Gasteiger partial charge >= 0.3 is 0 Å². The molecule has 7 nitrogen and oxygen atoms in total. The molecule has 0 aliphatic heterocycles. The zero-order chi connectivity index (χ0) is 28.6. The minimum Gasteiger partial charge on any atom is -0.354 e. The van der Waals surface area contributed by atoms with Crippen molar-refractivity contribution >= 4 is 21.8 Å². The summed E-state index contributed by atoms with van der Waals surface area (Å²) >= 11 is 0. The van der Waals surface area contributed by atoms with Gasteiger partial charge in [0, 0.05) is 87.3 Å².